The van der Waals surface area contributed by atoms with Crippen molar-refractivity contribution in [2.75, 3.05) is 24.1 Å². The van der Waals surface area contributed by atoms with Crippen LogP contribution in [-0.4, -0.2) is 47.6 Å². The molecule has 0 spiro atoms. The number of hydrazone groups is 1. The second kappa shape index (κ2) is 27.3. The summed E-state index contributed by atoms with van der Waals surface area (Å²) < 4.78 is 10.4. The Bertz CT molecular complexity index is 2260. The number of nitrogens with one attached hydrogen (secondary N) is 2. The van der Waals surface area contributed by atoms with Crippen molar-refractivity contribution in [3.8, 4) is 22.5 Å². The summed E-state index contributed by atoms with van der Waals surface area (Å²) in [5.74, 6) is 4.49. The molecule has 0 saturated carbocycles. The molecule has 0 saturated heterocycles. The number of aldehydes is 1. The van der Waals surface area contributed by atoms with E-state index >= 15 is 0 Å². The minimum Gasteiger partial charge on any atom is -0.462 e. The maximum atomic E-state index is 12.3. The summed E-state index contributed by atoms with van der Waals surface area (Å²) in [6.45, 7) is 5.05. The van der Waals surface area contributed by atoms with Crippen molar-refractivity contribution in [3.63, 3.8) is 0 Å². The van der Waals surface area contributed by atoms with E-state index in [0.29, 0.717) is 62.1 Å². The van der Waals surface area contributed by atoms with Gasteiger partial charge in [0.15, 0.2) is 11.4 Å². The number of unbranched alkanes of at least 4 members (excludes halogenated alkanes) is 4. The van der Waals surface area contributed by atoms with E-state index in [1.165, 1.54) is 22.7 Å². The maximum Gasteiger partial charge on any atom is 0.338 e. The molecular weight excluding hydrogens is 840 g/mol. The summed E-state index contributed by atoms with van der Waals surface area (Å²) in [7, 11) is 0. The summed E-state index contributed by atoms with van der Waals surface area (Å²) in [4.78, 5) is 43.4. The molecular formula is C45H50Cl2N6O5S2. The number of benzene rings is 4. The third kappa shape index (κ3) is 15.6. The lowest BCUT2D eigenvalue weighted by molar-refractivity contribution is 0.0488. The van der Waals surface area contributed by atoms with Gasteiger partial charge in [0.05, 0.1) is 41.9 Å². The molecule has 0 bridgehead atoms. The summed E-state index contributed by atoms with van der Waals surface area (Å²) in [6.07, 6.45) is 8.27. The fraction of sp³-hybridized carbons (Fsp3) is 0.244. The molecule has 0 unspecified atom stereocenters. The summed E-state index contributed by atoms with van der Waals surface area (Å²) in [6, 6.07) is 29.0. The van der Waals surface area contributed by atoms with E-state index in [-0.39, 0.29) is 13.4 Å². The van der Waals surface area contributed by atoms with Crippen LogP contribution >= 0.6 is 45.9 Å². The lowest BCUT2D eigenvalue weighted by atomic mass is 10.1. The van der Waals surface area contributed by atoms with Gasteiger partial charge in [0.25, 0.3) is 0 Å². The van der Waals surface area contributed by atoms with E-state index in [1.54, 1.807) is 36.5 Å². The van der Waals surface area contributed by atoms with Crippen LogP contribution < -0.4 is 16.7 Å². The van der Waals surface area contributed by atoms with Gasteiger partial charge in [-0.25, -0.2) is 25.4 Å². The van der Waals surface area contributed by atoms with Crippen molar-refractivity contribution in [3.05, 3.63) is 140 Å². The molecule has 0 aliphatic carbocycles. The molecule has 316 valence electrons. The molecule has 0 aliphatic heterocycles. The summed E-state index contributed by atoms with van der Waals surface area (Å²) >= 11 is 15.1. The predicted octanol–water partition coefficient (Wildman–Crippen LogP) is 12.5. The van der Waals surface area contributed by atoms with Gasteiger partial charge in [-0.2, -0.15) is 5.10 Å². The highest BCUT2D eigenvalue weighted by Gasteiger charge is 2.13. The normalized spacial score (nSPS) is 10.3. The number of anilines is 2. The van der Waals surface area contributed by atoms with Crippen LogP contribution in [0.4, 0.5) is 10.3 Å². The molecule has 0 aliphatic rings. The van der Waals surface area contributed by atoms with Gasteiger partial charge in [-0.3, -0.25) is 15.6 Å². The predicted molar refractivity (Wildman–Crippen MR) is 249 cm³/mol. The van der Waals surface area contributed by atoms with Crippen LogP contribution in [0.2, 0.25) is 10.0 Å². The number of rotatable bonds is 17. The number of hydrazine groups is 1. The van der Waals surface area contributed by atoms with E-state index in [9.17, 15) is 14.4 Å². The number of aromatic nitrogens is 2. The first-order valence-corrected chi connectivity index (χ1v) is 21.4. The highest BCUT2D eigenvalue weighted by molar-refractivity contribution is 7.14. The van der Waals surface area contributed by atoms with Crippen LogP contribution in [0, 0.1) is 0 Å². The van der Waals surface area contributed by atoms with Gasteiger partial charge in [0.2, 0.25) is 5.13 Å². The van der Waals surface area contributed by atoms with Gasteiger partial charge in [-0.05, 0) is 37.1 Å². The Kier molecular flexibility index (Phi) is 22.3. The molecule has 11 nitrogen and oxygen atoms in total. The molecule has 0 amide bonds. The van der Waals surface area contributed by atoms with Crippen LogP contribution in [0.15, 0.2) is 113 Å². The number of halogens is 2. The number of hydrogen-bond acceptors (Lipinski definition) is 13. The number of nitrogen functional groups attached to an aromatic ring is 1. The molecule has 6 rings (SSSR count). The Hall–Kier alpha value is -5.44. The number of nitrogens with two attached hydrogens (primary N) is 1. The van der Waals surface area contributed by atoms with Gasteiger partial charge in [0, 0.05) is 43.1 Å². The Morgan fingerprint density at radius 3 is 1.62 bits per heavy atom. The van der Waals surface area contributed by atoms with Crippen molar-refractivity contribution >= 4 is 80.6 Å². The van der Waals surface area contributed by atoms with Crippen molar-refractivity contribution in [1.82, 2.24) is 9.97 Å². The Morgan fingerprint density at radius 1 is 0.683 bits per heavy atom. The number of nitrogens with zero attached hydrogens (tertiary/aromatic N) is 3. The molecule has 4 N–H and O–H groups in total. The fourth-order valence-electron chi connectivity index (χ4n) is 5.18. The summed E-state index contributed by atoms with van der Waals surface area (Å²) in [5.41, 5.74) is 10.7. The zero-order valence-corrected chi connectivity index (χ0v) is 35.9. The molecule has 0 radical (unpaired) electrons. The third-order valence-corrected chi connectivity index (χ3v) is 10.4. The van der Waals surface area contributed by atoms with Gasteiger partial charge < -0.3 is 9.47 Å². The minimum atomic E-state index is -0.418. The molecule has 2 aromatic heterocycles. The van der Waals surface area contributed by atoms with Crippen molar-refractivity contribution in [2.45, 2.75) is 59.8 Å². The third-order valence-electron chi connectivity index (χ3n) is 8.25. The van der Waals surface area contributed by atoms with E-state index in [0.717, 1.165) is 61.0 Å². The molecule has 0 fully saturated rings. The first-order chi connectivity index (χ1) is 28.8. The molecule has 6 aromatic rings. The Morgan fingerprint density at radius 2 is 1.13 bits per heavy atom. The smallest absolute Gasteiger partial charge is 0.338 e. The molecule has 60 heavy (non-hydrogen) atoms. The number of carbonyl (C=O) groups excluding carboxylic acids is 3. The number of ether oxygens (including phenoxy) is 2. The van der Waals surface area contributed by atoms with Crippen LogP contribution in [0.5, 0.6) is 0 Å². The lowest BCUT2D eigenvalue weighted by Gasteiger charge is -2.06. The monoisotopic (exact) mass is 888 g/mol. The average Bonchev–Trinajstić information content (AvgIpc) is 3.95. The largest absolute Gasteiger partial charge is 0.462 e. The lowest BCUT2D eigenvalue weighted by Crippen LogP contribution is -2.09. The van der Waals surface area contributed by atoms with Gasteiger partial charge >= 0.3 is 11.9 Å². The fourth-order valence-corrected chi connectivity index (χ4v) is 6.92. The molecule has 2 heterocycles. The standard InChI is InChI=1S/C22H22ClN3O2S.C13H16O3.C9H8ClN3S.CH4/c1-2-3-8-13-28-21(27)17-10-5-4-9-16(17)14-24-26-22-25-20(15-29-22)18-11-6-7-12-19(18)23;1-2-3-6-9-16-13(15)12-8-5-4-7-11(12)10-14;10-7-4-2-1-3-6(7)8-5-14-9(12-8)13-11;/h4-7,9-12,14-15H,2-3,8,13H2,1H3,(H,25,26);4-5,7-8,10H,2-3,6,9H2,1H3;1-5H,11H2,(H,12,13);1H4/b24-14+;;;. The maximum absolute atomic E-state index is 12.3. The van der Waals surface area contributed by atoms with Gasteiger partial charge in [0.1, 0.15) is 0 Å². The number of esters is 2. The summed E-state index contributed by atoms with van der Waals surface area (Å²) in [5, 5.41) is 10.7. The second-order valence-electron chi connectivity index (χ2n) is 12.5. The Balaban J connectivity index is 0.000000262. The quantitative estimate of drug-likeness (QED) is 0.0201. The van der Waals surface area contributed by atoms with E-state index in [1.807, 2.05) is 77.5 Å². The zero-order valence-electron chi connectivity index (χ0n) is 32.7. The second-order valence-corrected chi connectivity index (χ2v) is 15.1. The number of thiazole rings is 2. The highest BCUT2D eigenvalue weighted by atomic mass is 35.5. The molecule has 15 heteroatoms. The van der Waals surface area contributed by atoms with E-state index in [4.69, 9.17) is 38.5 Å². The molecule has 4 aromatic carbocycles. The van der Waals surface area contributed by atoms with Crippen molar-refractivity contribution < 1.29 is 23.9 Å². The first-order valence-electron chi connectivity index (χ1n) is 18.9. The van der Waals surface area contributed by atoms with Crippen LogP contribution in [0.25, 0.3) is 22.5 Å². The van der Waals surface area contributed by atoms with Gasteiger partial charge in [-0.15, -0.1) is 22.7 Å². The SMILES string of the molecule is C.CCCCCOC(=O)c1ccccc1/C=N/Nc1nc(-c2ccccc2Cl)cs1.CCCCCOC(=O)c1ccccc1C=O.NNc1nc(-c2ccccc2Cl)cs1. The Labute approximate surface area is 370 Å². The van der Waals surface area contributed by atoms with E-state index in [2.05, 4.69) is 39.8 Å². The number of hydrogen-bond donors (Lipinski definition) is 3. The van der Waals surface area contributed by atoms with E-state index < -0.39 is 5.97 Å². The highest BCUT2D eigenvalue weighted by Crippen LogP contribution is 2.31. The van der Waals surface area contributed by atoms with Crippen LogP contribution in [0.3, 0.4) is 0 Å². The topological polar surface area (TPSA) is 158 Å². The van der Waals surface area contributed by atoms with Crippen molar-refractivity contribution in [1.29, 1.82) is 0 Å². The van der Waals surface area contributed by atoms with Gasteiger partial charge in [-0.1, -0.05) is 143 Å². The average molecular weight is 890 g/mol. The van der Waals surface area contributed by atoms with Crippen LogP contribution in [0.1, 0.15) is 96.4 Å². The number of carbonyl (C=O) groups is 3. The zero-order chi connectivity index (χ0) is 42.2. The molecule has 0 atom stereocenters. The van der Waals surface area contributed by atoms with Crippen LogP contribution in [-0.2, 0) is 9.47 Å². The van der Waals surface area contributed by atoms with Crippen molar-refractivity contribution in [2.24, 2.45) is 10.9 Å². The first kappa shape index (κ1) is 48.9. The minimum absolute atomic E-state index is 0.